The maximum atomic E-state index is 12.5. The lowest BCUT2D eigenvalue weighted by Crippen LogP contribution is -2.42. The van der Waals surface area contributed by atoms with Crippen LogP contribution in [0.2, 0.25) is 0 Å². The Morgan fingerprint density at radius 1 is 1.13 bits per heavy atom. The van der Waals surface area contributed by atoms with Crippen LogP contribution in [0.1, 0.15) is 42.0 Å². The van der Waals surface area contributed by atoms with Crippen LogP contribution >= 0.6 is 12.4 Å². The fraction of sp³-hybridized carbons (Fsp3) is 0.647. The van der Waals surface area contributed by atoms with E-state index in [1.165, 1.54) is 25.0 Å². The van der Waals surface area contributed by atoms with Gasteiger partial charge in [-0.1, -0.05) is 0 Å². The largest absolute Gasteiger partial charge is 0.456 e. The number of rotatable bonds is 2. The summed E-state index contributed by atoms with van der Waals surface area (Å²) in [6.07, 6.45) is 4.63. The average Bonchev–Trinajstić information content (AvgIpc) is 2.54. The van der Waals surface area contributed by atoms with Gasteiger partial charge in [0.1, 0.15) is 5.76 Å². The van der Waals surface area contributed by atoms with Crippen LogP contribution in [-0.2, 0) is 0 Å². The van der Waals surface area contributed by atoms with Crippen molar-refractivity contribution in [2.75, 3.05) is 26.2 Å². The molecule has 1 aromatic rings. The quantitative estimate of drug-likeness (QED) is 0.896. The van der Waals surface area contributed by atoms with Gasteiger partial charge in [-0.2, -0.15) is 0 Å². The van der Waals surface area contributed by atoms with E-state index in [1.54, 1.807) is 6.92 Å². The molecular formula is C17H25ClN2O3. The van der Waals surface area contributed by atoms with E-state index in [0.29, 0.717) is 5.76 Å². The Morgan fingerprint density at radius 3 is 2.35 bits per heavy atom. The minimum absolute atomic E-state index is 0. The third kappa shape index (κ3) is 4.36. The van der Waals surface area contributed by atoms with Gasteiger partial charge in [-0.3, -0.25) is 9.59 Å². The van der Waals surface area contributed by atoms with Crippen LogP contribution in [-0.4, -0.2) is 37.0 Å². The van der Waals surface area contributed by atoms with Crippen LogP contribution in [0, 0.1) is 18.8 Å². The van der Waals surface area contributed by atoms with Crippen LogP contribution in [0.25, 0.3) is 0 Å². The number of aryl methyl sites for hydroxylation is 1. The van der Waals surface area contributed by atoms with E-state index in [4.69, 9.17) is 4.42 Å². The summed E-state index contributed by atoms with van der Waals surface area (Å²) in [5.41, 5.74) is -0.170. The van der Waals surface area contributed by atoms with Gasteiger partial charge < -0.3 is 14.6 Å². The van der Waals surface area contributed by atoms with Crippen molar-refractivity contribution in [3.05, 3.63) is 33.9 Å². The molecule has 3 rings (SSSR count). The first-order valence-electron chi connectivity index (χ1n) is 8.25. The summed E-state index contributed by atoms with van der Waals surface area (Å²) in [4.78, 5) is 25.8. The molecule has 23 heavy (non-hydrogen) atoms. The van der Waals surface area contributed by atoms with E-state index < -0.39 is 0 Å². The molecule has 1 N–H and O–H groups in total. The van der Waals surface area contributed by atoms with Gasteiger partial charge in [0.05, 0.1) is 0 Å². The molecule has 2 fully saturated rings. The van der Waals surface area contributed by atoms with E-state index in [-0.39, 0.29) is 29.5 Å². The number of piperidine rings is 2. The van der Waals surface area contributed by atoms with Gasteiger partial charge >= 0.3 is 0 Å². The number of likely N-dealkylation sites (tertiary alicyclic amines) is 1. The van der Waals surface area contributed by atoms with Crippen molar-refractivity contribution in [2.45, 2.75) is 32.6 Å². The number of hydrogen-bond donors (Lipinski definition) is 1. The van der Waals surface area contributed by atoms with Crippen molar-refractivity contribution in [3.63, 3.8) is 0 Å². The molecule has 6 heteroatoms. The summed E-state index contributed by atoms with van der Waals surface area (Å²) in [6, 6.07) is 2.70. The molecule has 1 amide bonds. The molecule has 0 unspecified atom stereocenters. The molecule has 2 aliphatic heterocycles. The molecule has 3 heterocycles. The third-order valence-corrected chi connectivity index (χ3v) is 4.98. The van der Waals surface area contributed by atoms with Crippen molar-refractivity contribution >= 4 is 18.3 Å². The lowest BCUT2D eigenvalue weighted by molar-refractivity contribution is 0.0607. The highest BCUT2D eigenvalue weighted by Gasteiger charge is 2.30. The summed E-state index contributed by atoms with van der Waals surface area (Å²) in [5, 5.41) is 3.41. The van der Waals surface area contributed by atoms with Crippen molar-refractivity contribution < 1.29 is 9.21 Å². The zero-order chi connectivity index (χ0) is 15.5. The lowest BCUT2D eigenvalue weighted by atomic mass is 9.79. The SMILES string of the molecule is Cc1cc(=O)cc(C(=O)N2CCC(C3CCNCC3)CC2)o1.Cl. The number of nitrogens with zero attached hydrogens (tertiary/aromatic N) is 1. The van der Waals surface area contributed by atoms with Crippen LogP contribution < -0.4 is 10.7 Å². The second kappa shape index (κ2) is 7.97. The Morgan fingerprint density at radius 2 is 1.74 bits per heavy atom. The van der Waals surface area contributed by atoms with E-state index in [0.717, 1.165) is 50.9 Å². The molecule has 0 aromatic carbocycles. The molecule has 1 aromatic heterocycles. The van der Waals surface area contributed by atoms with Gasteiger partial charge in [0.25, 0.3) is 5.91 Å². The smallest absolute Gasteiger partial charge is 0.289 e. The first-order valence-corrected chi connectivity index (χ1v) is 8.25. The lowest BCUT2D eigenvalue weighted by Gasteiger charge is -2.37. The average molecular weight is 341 g/mol. The van der Waals surface area contributed by atoms with Gasteiger partial charge in [-0.15, -0.1) is 12.4 Å². The topological polar surface area (TPSA) is 62.6 Å². The van der Waals surface area contributed by atoms with Crippen molar-refractivity contribution in [1.82, 2.24) is 10.2 Å². The zero-order valence-electron chi connectivity index (χ0n) is 13.5. The molecule has 2 saturated heterocycles. The molecule has 5 nitrogen and oxygen atoms in total. The second-order valence-electron chi connectivity index (χ2n) is 6.49. The monoisotopic (exact) mass is 340 g/mol. The fourth-order valence-corrected chi connectivity index (χ4v) is 3.75. The van der Waals surface area contributed by atoms with Crippen molar-refractivity contribution in [3.8, 4) is 0 Å². The maximum absolute atomic E-state index is 12.5. The molecular weight excluding hydrogens is 316 g/mol. The van der Waals surface area contributed by atoms with Gasteiger partial charge in [0.2, 0.25) is 0 Å². The van der Waals surface area contributed by atoms with E-state index in [2.05, 4.69) is 5.32 Å². The molecule has 0 aliphatic carbocycles. The predicted octanol–water partition coefficient (Wildman–Crippen LogP) is 2.22. The summed E-state index contributed by atoms with van der Waals surface area (Å²) < 4.78 is 5.42. The summed E-state index contributed by atoms with van der Waals surface area (Å²) in [6.45, 7) is 5.48. The van der Waals surface area contributed by atoms with Crippen LogP contribution in [0.15, 0.2) is 21.3 Å². The first kappa shape index (κ1) is 18.0. The molecule has 128 valence electrons. The minimum Gasteiger partial charge on any atom is -0.456 e. The third-order valence-electron chi connectivity index (χ3n) is 4.98. The minimum atomic E-state index is -0.170. The Balaban J connectivity index is 0.00000192. The molecule has 2 aliphatic rings. The Kier molecular flexibility index (Phi) is 6.25. The van der Waals surface area contributed by atoms with Gasteiger partial charge in [-0.25, -0.2) is 0 Å². The van der Waals surface area contributed by atoms with Crippen LogP contribution in [0.4, 0.5) is 0 Å². The maximum Gasteiger partial charge on any atom is 0.289 e. The predicted molar refractivity (Wildman–Crippen MR) is 91.2 cm³/mol. The van der Waals surface area contributed by atoms with Gasteiger partial charge in [0, 0.05) is 25.2 Å². The number of hydrogen-bond acceptors (Lipinski definition) is 4. The fourth-order valence-electron chi connectivity index (χ4n) is 3.75. The van der Waals surface area contributed by atoms with Gasteiger partial charge in [0.15, 0.2) is 11.2 Å². The number of nitrogens with one attached hydrogen (secondary N) is 1. The van der Waals surface area contributed by atoms with Crippen LogP contribution in [0.3, 0.4) is 0 Å². The van der Waals surface area contributed by atoms with Crippen LogP contribution in [0.5, 0.6) is 0 Å². The standard InChI is InChI=1S/C17H24N2O3.ClH/c1-12-10-15(20)11-16(22-12)17(21)19-8-4-14(5-9-19)13-2-6-18-7-3-13;/h10-11,13-14,18H,2-9H2,1H3;1H. The van der Waals surface area contributed by atoms with E-state index in [9.17, 15) is 9.59 Å². The summed E-state index contributed by atoms with van der Waals surface area (Å²) in [5.74, 6) is 2.04. The Labute approximate surface area is 142 Å². The van der Waals surface area contributed by atoms with E-state index in [1.807, 2.05) is 4.90 Å². The normalized spacial score (nSPS) is 20.1. The van der Waals surface area contributed by atoms with Gasteiger partial charge in [-0.05, 0) is 57.5 Å². The molecule has 0 atom stereocenters. The summed E-state index contributed by atoms with van der Waals surface area (Å²) in [7, 11) is 0. The number of amides is 1. The Bertz CT molecular complexity index is 588. The molecule has 0 radical (unpaired) electrons. The molecule has 0 spiro atoms. The van der Waals surface area contributed by atoms with Crippen molar-refractivity contribution in [1.29, 1.82) is 0 Å². The highest BCUT2D eigenvalue weighted by molar-refractivity contribution is 5.91. The molecule has 0 bridgehead atoms. The van der Waals surface area contributed by atoms with E-state index >= 15 is 0 Å². The van der Waals surface area contributed by atoms with Crippen molar-refractivity contribution in [2.24, 2.45) is 11.8 Å². The number of carbonyl (C=O) groups excluding carboxylic acids is 1. The highest BCUT2D eigenvalue weighted by Crippen LogP contribution is 2.31. The zero-order valence-corrected chi connectivity index (χ0v) is 14.4. The first-order chi connectivity index (χ1) is 10.6. The summed E-state index contributed by atoms with van der Waals surface area (Å²) >= 11 is 0. The highest BCUT2D eigenvalue weighted by atomic mass is 35.5. The number of carbonyl (C=O) groups is 1. The number of halogens is 1. The second-order valence-corrected chi connectivity index (χ2v) is 6.49. The molecule has 0 saturated carbocycles. The Hall–Kier alpha value is -1.33.